The van der Waals surface area contributed by atoms with Crippen LogP contribution in [0, 0.1) is 17.0 Å². The maximum absolute atomic E-state index is 14.4. The smallest absolute Gasteiger partial charge is 0.305 e. The predicted octanol–water partition coefficient (Wildman–Crippen LogP) is 2.98. The van der Waals surface area contributed by atoms with Gasteiger partial charge in [0.05, 0.1) is 17.7 Å². The molecule has 0 saturated carbocycles. The van der Waals surface area contributed by atoms with E-state index in [-0.39, 0.29) is 40.3 Å². The summed E-state index contributed by atoms with van der Waals surface area (Å²) in [7, 11) is 0. The SMILES string of the molecule is N=C(N)c1ccc(C(=O)Nc2ccc3c(c2)C(=O)N(C(CC(=O)O)Cc2ccc(F)cc2F)CC(=O)N3)cc1. The van der Waals surface area contributed by atoms with Crippen molar-refractivity contribution in [3.05, 3.63) is 94.6 Å². The molecule has 1 atom stereocenters. The Bertz CT molecular complexity index is 1490. The average molecular weight is 536 g/mol. The lowest BCUT2D eigenvalue weighted by Gasteiger charge is -2.29. The molecule has 3 amide bonds. The first-order chi connectivity index (χ1) is 18.5. The van der Waals surface area contributed by atoms with Gasteiger partial charge in [0.1, 0.15) is 24.0 Å². The van der Waals surface area contributed by atoms with Crippen LogP contribution in [-0.2, 0) is 16.0 Å². The molecule has 0 saturated heterocycles. The van der Waals surface area contributed by atoms with Crippen molar-refractivity contribution in [3.63, 3.8) is 0 Å². The fraction of sp³-hybridized carbons (Fsp3) is 0.148. The Hall–Kier alpha value is -5.13. The van der Waals surface area contributed by atoms with Crippen molar-refractivity contribution in [1.82, 2.24) is 4.90 Å². The lowest BCUT2D eigenvalue weighted by Crippen LogP contribution is -2.45. The monoisotopic (exact) mass is 535 g/mol. The van der Waals surface area contributed by atoms with E-state index in [0.717, 1.165) is 17.0 Å². The van der Waals surface area contributed by atoms with Gasteiger partial charge in [0.2, 0.25) is 5.91 Å². The van der Waals surface area contributed by atoms with Gasteiger partial charge < -0.3 is 26.4 Å². The normalized spacial score (nSPS) is 13.6. The Balaban J connectivity index is 1.62. The number of carbonyl (C=O) groups excluding carboxylic acids is 3. The highest BCUT2D eigenvalue weighted by Gasteiger charge is 2.33. The largest absolute Gasteiger partial charge is 0.481 e. The molecule has 6 N–H and O–H groups in total. The fourth-order valence-electron chi connectivity index (χ4n) is 4.21. The van der Waals surface area contributed by atoms with Crippen LogP contribution in [0.4, 0.5) is 20.2 Å². The Kier molecular flexibility index (Phi) is 7.65. The molecule has 1 aliphatic rings. The molecule has 3 aromatic rings. The molecule has 1 unspecified atom stereocenters. The van der Waals surface area contributed by atoms with Crippen LogP contribution < -0.4 is 16.4 Å². The predicted molar refractivity (Wildman–Crippen MR) is 138 cm³/mol. The van der Waals surface area contributed by atoms with Crippen LogP contribution in [0.25, 0.3) is 0 Å². The van der Waals surface area contributed by atoms with E-state index < -0.39 is 54.3 Å². The van der Waals surface area contributed by atoms with Gasteiger partial charge in [-0.1, -0.05) is 18.2 Å². The van der Waals surface area contributed by atoms with E-state index in [1.807, 2.05) is 0 Å². The van der Waals surface area contributed by atoms with Gasteiger partial charge in [-0.3, -0.25) is 24.6 Å². The molecule has 0 aliphatic carbocycles. The van der Waals surface area contributed by atoms with E-state index in [1.165, 1.54) is 42.5 Å². The number of amidine groups is 1. The molecule has 10 nitrogen and oxygen atoms in total. The minimum Gasteiger partial charge on any atom is -0.481 e. The van der Waals surface area contributed by atoms with Crippen molar-refractivity contribution < 1.29 is 33.1 Å². The fourth-order valence-corrected chi connectivity index (χ4v) is 4.21. The van der Waals surface area contributed by atoms with Gasteiger partial charge in [0, 0.05) is 28.9 Å². The van der Waals surface area contributed by atoms with Gasteiger partial charge in [0.25, 0.3) is 11.8 Å². The number of nitrogens with two attached hydrogens (primary N) is 1. The zero-order valence-electron chi connectivity index (χ0n) is 20.3. The maximum Gasteiger partial charge on any atom is 0.305 e. The quantitative estimate of drug-likeness (QED) is 0.220. The minimum absolute atomic E-state index is 0.0134. The zero-order chi connectivity index (χ0) is 28.3. The summed E-state index contributed by atoms with van der Waals surface area (Å²) >= 11 is 0. The Labute approximate surface area is 220 Å². The van der Waals surface area contributed by atoms with Gasteiger partial charge in [0.15, 0.2) is 0 Å². The first kappa shape index (κ1) is 26.9. The first-order valence-electron chi connectivity index (χ1n) is 11.7. The van der Waals surface area contributed by atoms with E-state index in [4.69, 9.17) is 11.1 Å². The Morgan fingerprint density at radius 3 is 2.38 bits per heavy atom. The third kappa shape index (κ3) is 6.24. The molecule has 0 bridgehead atoms. The molecule has 39 heavy (non-hydrogen) atoms. The maximum atomic E-state index is 14.4. The van der Waals surface area contributed by atoms with E-state index in [9.17, 15) is 33.1 Å². The third-order valence-electron chi connectivity index (χ3n) is 6.14. The van der Waals surface area contributed by atoms with Crippen molar-refractivity contribution in [2.45, 2.75) is 18.9 Å². The van der Waals surface area contributed by atoms with Gasteiger partial charge in [-0.15, -0.1) is 0 Å². The molecule has 0 aromatic heterocycles. The van der Waals surface area contributed by atoms with Crippen LogP contribution in [0.5, 0.6) is 0 Å². The highest BCUT2D eigenvalue weighted by molar-refractivity contribution is 6.11. The first-order valence-corrected chi connectivity index (χ1v) is 11.7. The number of nitrogen functional groups attached to an aromatic ring is 1. The number of carboxylic acids is 1. The van der Waals surface area contributed by atoms with Crippen molar-refractivity contribution in [1.29, 1.82) is 5.41 Å². The van der Waals surface area contributed by atoms with Crippen LogP contribution in [0.3, 0.4) is 0 Å². The average Bonchev–Trinajstić information content (AvgIpc) is 3.00. The number of aliphatic carboxylic acids is 1. The molecule has 1 heterocycles. The number of nitrogens with zero attached hydrogens (tertiary/aromatic N) is 1. The molecule has 0 radical (unpaired) electrons. The Morgan fingerprint density at radius 2 is 1.74 bits per heavy atom. The van der Waals surface area contributed by atoms with Gasteiger partial charge >= 0.3 is 5.97 Å². The standard InChI is InChI=1S/C27H23F2N5O5/c28-17-6-5-16(21(29)10-17)9-19(12-24(36)37)34-13-23(35)33-22-8-7-18(11-20(22)27(34)39)32-26(38)15-3-1-14(2-4-15)25(30)31/h1-8,10-11,19H,9,12-13H2,(H3,30,31)(H,32,38)(H,33,35)(H,36,37). The van der Waals surface area contributed by atoms with E-state index in [1.54, 1.807) is 0 Å². The second-order valence-corrected chi connectivity index (χ2v) is 8.88. The summed E-state index contributed by atoms with van der Waals surface area (Å²) in [4.78, 5) is 51.6. The number of carbonyl (C=O) groups is 4. The van der Waals surface area contributed by atoms with E-state index in [0.29, 0.717) is 11.6 Å². The van der Waals surface area contributed by atoms with Gasteiger partial charge in [-0.05, 0) is 48.4 Å². The summed E-state index contributed by atoms with van der Waals surface area (Å²) in [5, 5.41) is 22.1. The number of hydrogen-bond donors (Lipinski definition) is 5. The molecule has 200 valence electrons. The summed E-state index contributed by atoms with van der Waals surface area (Å²) in [6.45, 7) is -0.502. The number of nitrogens with one attached hydrogen (secondary N) is 3. The lowest BCUT2D eigenvalue weighted by molar-refractivity contribution is -0.138. The van der Waals surface area contributed by atoms with Crippen molar-refractivity contribution >= 4 is 40.9 Å². The van der Waals surface area contributed by atoms with Crippen LogP contribution in [0.2, 0.25) is 0 Å². The summed E-state index contributed by atoms with van der Waals surface area (Å²) in [5.74, 6) is -4.97. The van der Waals surface area contributed by atoms with Crippen LogP contribution in [0.15, 0.2) is 60.7 Å². The highest BCUT2D eigenvalue weighted by Crippen LogP contribution is 2.28. The molecule has 3 aromatic carbocycles. The summed E-state index contributed by atoms with van der Waals surface area (Å²) in [5.41, 5.74) is 6.47. The number of fused-ring (bicyclic) bond motifs is 1. The topological polar surface area (TPSA) is 166 Å². The van der Waals surface area contributed by atoms with Crippen LogP contribution in [-0.4, -0.2) is 52.1 Å². The molecule has 4 rings (SSSR count). The number of carboxylic acid groups (broad SMARTS) is 1. The highest BCUT2D eigenvalue weighted by atomic mass is 19.1. The zero-order valence-corrected chi connectivity index (χ0v) is 20.3. The number of halogens is 2. The molecule has 0 spiro atoms. The van der Waals surface area contributed by atoms with Crippen molar-refractivity contribution in [2.24, 2.45) is 5.73 Å². The number of rotatable bonds is 8. The summed E-state index contributed by atoms with van der Waals surface area (Å²) in [6.07, 6.45) is -0.878. The van der Waals surface area contributed by atoms with Crippen LogP contribution >= 0.6 is 0 Å². The number of benzene rings is 3. The van der Waals surface area contributed by atoms with Crippen LogP contribution in [0.1, 0.15) is 38.3 Å². The molecular formula is C27H23F2N5O5. The van der Waals surface area contributed by atoms with Gasteiger partial charge in [-0.25, -0.2) is 8.78 Å². The summed E-state index contributed by atoms with van der Waals surface area (Å²) in [6, 6.07) is 11.9. The van der Waals surface area contributed by atoms with E-state index in [2.05, 4.69) is 10.6 Å². The van der Waals surface area contributed by atoms with Crippen molar-refractivity contribution in [2.75, 3.05) is 17.2 Å². The molecular weight excluding hydrogens is 512 g/mol. The second-order valence-electron chi connectivity index (χ2n) is 8.88. The molecule has 12 heteroatoms. The third-order valence-corrected chi connectivity index (χ3v) is 6.14. The second kappa shape index (κ2) is 11.1. The Morgan fingerprint density at radius 1 is 1.05 bits per heavy atom. The van der Waals surface area contributed by atoms with Crippen molar-refractivity contribution in [3.8, 4) is 0 Å². The number of anilines is 2. The molecule has 1 aliphatic heterocycles. The number of hydrogen-bond acceptors (Lipinski definition) is 5. The van der Waals surface area contributed by atoms with Gasteiger partial charge in [-0.2, -0.15) is 0 Å². The van der Waals surface area contributed by atoms with E-state index >= 15 is 0 Å². The molecule has 0 fully saturated rings. The minimum atomic E-state index is -1.28. The lowest BCUT2D eigenvalue weighted by atomic mass is 10.00. The number of amides is 3. The summed E-state index contributed by atoms with van der Waals surface area (Å²) < 4.78 is 27.7.